The Hall–Kier alpha value is -1.16. The van der Waals surface area contributed by atoms with Crippen LogP contribution in [0.25, 0.3) is 0 Å². The van der Waals surface area contributed by atoms with Gasteiger partial charge in [-0.1, -0.05) is 6.07 Å². The molecular formula is C9H11NO2S. The lowest BCUT2D eigenvalue weighted by atomic mass is 10.3. The number of rotatable bonds is 2. The molecule has 3 nitrogen and oxygen atoms in total. The largest absolute Gasteiger partial charge is 0.453 e. The first kappa shape index (κ1) is 9.92. The van der Waals surface area contributed by atoms with E-state index in [9.17, 15) is 4.79 Å². The van der Waals surface area contributed by atoms with Crippen LogP contribution in [0, 0.1) is 0 Å². The minimum Gasteiger partial charge on any atom is -0.453 e. The van der Waals surface area contributed by atoms with Crippen molar-refractivity contribution in [1.29, 1.82) is 0 Å². The second kappa shape index (κ2) is 4.77. The van der Waals surface area contributed by atoms with Crippen LogP contribution in [0.4, 0.5) is 10.5 Å². The van der Waals surface area contributed by atoms with Gasteiger partial charge in [-0.25, -0.2) is 4.79 Å². The van der Waals surface area contributed by atoms with E-state index in [2.05, 4.69) is 10.1 Å². The van der Waals surface area contributed by atoms with E-state index in [1.807, 2.05) is 30.5 Å². The van der Waals surface area contributed by atoms with E-state index in [1.165, 1.54) is 7.11 Å². The van der Waals surface area contributed by atoms with Crippen LogP contribution in [0.15, 0.2) is 29.2 Å². The van der Waals surface area contributed by atoms with Crippen LogP contribution in [-0.4, -0.2) is 19.5 Å². The Morgan fingerprint density at radius 2 is 2.31 bits per heavy atom. The number of amides is 1. The Labute approximate surface area is 81.5 Å². The van der Waals surface area contributed by atoms with Gasteiger partial charge in [0.05, 0.1) is 7.11 Å². The van der Waals surface area contributed by atoms with Crippen molar-refractivity contribution in [2.45, 2.75) is 4.90 Å². The first-order valence-corrected chi connectivity index (χ1v) is 4.97. The smallest absolute Gasteiger partial charge is 0.411 e. The lowest BCUT2D eigenvalue weighted by Gasteiger charge is -2.04. The van der Waals surface area contributed by atoms with Crippen LogP contribution in [0.3, 0.4) is 0 Å². The van der Waals surface area contributed by atoms with Crippen molar-refractivity contribution >= 4 is 23.5 Å². The number of nitrogens with one attached hydrogen (secondary N) is 1. The molecule has 0 saturated carbocycles. The number of anilines is 1. The van der Waals surface area contributed by atoms with Crippen LogP contribution < -0.4 is 5.32 Å². The molecule has 0 aromatic heterocycles. The zero-order chi connectivity index (χ0) is 9.68. The predicted octanol–water partition coefficient (Wildman–Crippen LogP) is 2.59. The van der Waals surface area contributed by atoms with Crippen LogP contribution in [0.2, 0.25) is 0 Å². The second-order valence-corrected chi connectivity index (χ2v) is 3.23. The van der Waals surface area contributed by atoms with Gasteiger partial charge in [-0.2, -0.15) is 0 Å². The maximum atomic E-state index is 10.8. The number of hydrogen-bond donors (Lipinski definition) is 1. The molecule has 0 radical (unpaired) electrons. The van der Waals surface area contributed by atoms with E-state index in [1.54, 1.807) is 11.8 Å². The molecular weight excluding hydrogens is 186 g/mol. The number of carbonyl (C=O) groups is 1. The highest BCUT2D eigenvalue weighted by atomic mass is 32.2. The molecule has 0 saturated heterocycles. The molecule has 70 valence electrons. The number of hydrogen-bond acceptors (Lipinski definition) is 3. The SMILES string of the molecule is COC(=O)Nc1cccc(SC)c1. The third-order valence-corrected chi connectivity index (χ3v) is 2.23. The molecule has 0 heterocycles. The highest BCUT2D eigenvalue weighted by Gasteiger charge is 1.99. The summed E-state index contributed by atoms with van der Waals surface area (Å²) in [5.74, 6) is 0. The van der Waals surface area contributed by atoms with Crippen LogP contribution in [0.1, 0.15) is 0 Å². The third kappa shape index (κ3) is 2.99. The summed E-state index contributed by atoms with van der Waals surface area (Å²) < 4.78 is 4.47. The normalized spacial score (nSPS) is 9.38. The molecule has 0 atom stereocenters. The Bertz CT molecular complexity index is 301. The Balaban J connectivity index is 2.71. The summed E-state index contributed by atoms with van der Waals surface area (Å²) in [4.78, 5) is 11.9. The first-order valence-electron chi connectivity index (χ1n) is 3.75. The van der Waals surface area contributed by atoms with Gasteiger partial charge in [0.15, 0.2) is 0 Å². The van der Waals surface area contributed by atoms with E-state index in [0.29, 0.717) is 0 Å². The molecule has 1 amide bonds. The van der Waals surface area contributed by atoms with Crippen molar-refractivity contribution in [2.24, 2.45) is 0 Å². The Morgan fingerprint density at radius 1 is 1.54 bits per heavy atom. The summed E-state index contributed by atoms with van der Waals surface area (Å²) in [7, 11) is 1.34. The van der Waals surface area contributed by atoms with Crippen LogP contribution >= 0.6 is 11.8 Å². The minimum atomic E-state index is -0.446. The average Bonchev–Trinajstić information content (AvgIpc) is 2.18. The van der Waals surface area contributed by atoms with Crippen LogP contribution in [0.5, 0.6) is 0 Å². The molecule has 0 aliphatic carbocycles. The number of ether oxygens (including phenoxy) is 1. The highest BCUT2D eigenvalue weighted by Crippen LogP contribution is 2.18. The molecule has 0 bridgehead atoms. The van der Waals surface area contributed by atoms with Crippen molar-refractivity contribution in [3.05, 3.63) is 24.3 Å². The molecule has 1 aromatic rings. The molecule has 13 heavy (non-hydrogen) atoms. The van der Waals surface area contributed by atoms with Crippen LogP contribution in [-0.2, 0) is 4.74 Å². The number of benzene rings is 1. The predicted molar refractivity (Wildman–Crippen MR) is 54.3 cm³/mol. The van der Waals surface area contributed by atoms with Gasteiger partial charge >= 0.3 is 6.09 Å². The molecule has 0 fully saturated rings. The summed E-state index contributed by atoms with van der Waals surface area (Å²) in [5, 5.41) is 2.59. The fourth-order valence-corrected chi connectivity index (χ4v) is 1.33. The van der Waals surface area contributed by atoms with Gasteiger partial charge in [0.25, 0.3) is 0 Å². The standard InChI is InChI=1S/C9H11NO2S/c1-12-9(11)10-7-4-3-5-8(6-7)13-2/h3-6H,1-2H3,(H,10,11). The van der Waals surface area contributed by atoms with Gasteiger partial charge in [-0.05, 0) is 24.5 Å². The zero-order valence-electron chi connectivity index (χ0n) is 7.53. The molecule has 1 N–H and O–H groups in total. The van der Waals surface area contributed by atoms with Crippen molar-refractivity contribution in [3.8, 4) is 0 Å². The molecule has 0 aliphatic heterocycles. The molecule has 0 spiro atoms. The molecule has 0 aliphatic rings. The van der Waals surface area contributed by atoms with Gasteiger partial charge in [-0.15, -0.1) is 11.8 Å². The monoisotopic (exact) mass is 197 g/mol. The second-order valence-electron chi connectivity index (χ2n) is 2.35. The fraction of sp³-hybridized carbons (Fsp3) is 0.222. The van der Waals surface area contributed by atoms with E-state index < -0.39 is 6.09 Å². The van der Waals surface area contributed by atoms with Gasteiger partial charge in [0.2, 0.25) is 0 Å². The average molecular weight is 197 g/mol. The van der Waals surface area contributed by atoms with Crippen molar-refractivity contribution in [1.82, 2.24) is 0 Å². The number of methoxy groups -OCH3 is 1. The number of carbonyl (C=O) groups excluding carboxylic acids is 1. The summed E-state index contributed by atoms with van der Waals surface area (Å²) in [6.07, 6.45) is 1.54. The summed E-state index contributed by atoms with van der Waals surface area (Å²) in [5.41, 5.74) is 0.749. The summed E-state index contributed by atoms with van der Waals surface area (Å²) >= 11 is 1.63. The quantitative estimate of drug-likeness (QED) is 0.740. The lowest BCUT2D eigenvalue weighted by Crippen LogP contribution is -2.10. The van der Waals surface area contributed by atoms with Crippen molar-refractivity contribution in [2.75, 3.05) is 18.7 Å². The maximum Gasteiger partial charge on any atom is 0.411 e. The summed E-state index contributed by atoms with van der Waals surface area (Å²) in [6, 6.07) is 7.57. The number of thioether (sulfide) groups is 1. The zero-order valence-corrected chi connectivity index (χ0v) is 8.35. The molecule has 1 rings (SSSR count). The van der Waals surface area contributed by atoms with Gasteiger partial charge in [0.1, 0.15) is 0 Å². The first-order chi connectivity index (χ1) is 6.26. The minimum absolute atomic E-state index is 0.446. The Morgan fingerprint density at radius 3 is 2.92 bits per heavy atom. The molecule has 0 unspecified atom stereocenters. The maximum absolute atomic E-state index is 10.8. The van der Waals surface area contributed by atoms with E-state index in [4.69, 9.17) is 0 Å². The fourth-order valence-electron chi connectivity index (χ4n) is 0.870. The van der Waals surface area contributed by atoms with E-state index in [-0.39, 0.29) is 0 Å². The molecule has 1 aromatic carbocycles. The van der Waals surface area contributed by atoms with E-state index in [0.717, 1.165) is 10.6 Å². The van der Waals surface area contributed by atoms with E-state index >= 15 is 0 Å². The van der Waals surface area contributed by atoms with Gasteiger partial charge in [-0.3, -0.25) is 5.32 Å². The summed E-state index contributed by atoms with van der Waals surface area (Å²) in [6.45, 7) is 0. The van der Waals surface area contributed by atoms with Gasteiger partial charge < -0.3 is 4.74 Å². The molecule has 4 heteroatoms. The topological polar surface area (TPSA) is 38.3 Å². The van der Waals surface area contributed by atoms with Gasteiger partial charge in [0, 0.05) is 10.6 Å². The Kier molecular flexibility index (Phi) is 3.64. The van der Waals surface area contributed by atoms with Crippen molar-refractivity contribution < 1.29 is 9.53 Å². The lowest BCUT2D eigenvalue weighted by molar-refractivity contribution is 0.187. The highest BCUT2D eigenvalue weighted by molar-refractivity contribution is 7.98. The third-order valence-electron chi connectivity index (χ3n) is 1.50. The van der Waals surface area contributed by atoms with Crippen molar-refractivity contribution in [3.63, 3.8) is 0 Å².